The lowest BCUT2D eigenvalue weighted by Crippen LogP contribution is -2.40. The maximum absolute atomic E-state index is 11.6. The first-order chi connectivity index (χ1) is 6.16. The SMILES string of the molecule is CC1=[N+]([O-])C2(CCCCC2)OC1=O. The summed E-state index contributed by atoms with van der Waals surface area (Å²) >= 11 is 0. The van der Waals surface area contributed by atoms with Crippen molar-refractivity contribution in [3.63, 3.8) is 0 Å². The zero-order valence-electron chi connectivity index (χ0n) is 7.71. The quantitative estimate of drug-likeness (QED) is 0.322. The fraction of sp³-hybridized carbons (Fsp3) is 0.778. The van der Waals surface area contributed by atoms with Crippen molar-refractivity contribution in [2.45, 2.75) is 44.8 Å². The summed E-state index contributed by atoms with van der Waals surface area (Å²) in [7, 11) is 0. The van der Waals surface area contributed by atoms with Gasteiger partial charge in [0.15, 0.2) is 0 Å². The van der Waals surface area contributed by atoms with E-state index in [1.165, 1.54) is 6.92 Å². The molecule has 0 unspecified atom stereocenters. The van der Waals surface area contributed by atoms with E-state index in [0.717, 1.165) is 24.0 Å². The molecule has 0 aromatic carbocycles. The average molecular weight is 183 g/mol. The number of nitrogens with zero attached hydrogens (tertiary/aromatic N) is 1. The Morgan fingerprint density at radius 2 is 2.00 bits per heavy atom. The normalized spacial score (nSPS) is 26.7. The van der Waals surface area contributed by atoms with Gasteiger partial charge in [-0.1, -0.05) is 6.42 Å². The molecule has 0 atom stereocenters. The van der Waals surface area contributed by atoms with E-state index in [1.54, 1.807) is 0 Å². The van der Waals surface area contributed by atoms with Crippen molar-refractivity contribution in [3.05, 3.63) is 5.21 Å². The third-order valence-electron chi connectivity index (χ3n) is 2.89. The Hall–Kier alpha value is -1.06. The number of carbonyl (C=O) groups is 1. The largest absolute Gasteiger partial charge is 0.620 e. The van der Waals surface area contributed by atoms with Crippen LogP contribution in [-0.2, 0) is 9.53 Å². The Morgan fingerprint density at radius 1 is 1.38 bits per heavy atom. The molecule has 1 saturated carbocycles. The van der Waals surface area contributed by atoms with Gasteiger partial charge in [0.1, 0.15) is 0 Å². The molecule has 0 aromatic rings. The lowest BCUT2D eigenvalue weighted by molar-refractivity contribution is -0.595. The number of carbonyl (C=O) groups excluding carboxylic acids is 1. The third kappa shape index (κ3) is 1.12. The standard InChI is InChI=1S/C9H13NO3/c1-7-8(11)13-9(10(7)12)5-3-2-4-6-9/h2-6H2,1H3. The molecule has 4 heteroatoms. The Kier molecular flexibility index (Phi) is 1.78. The fourth-order valence-electron chi connectivity index (χ4n) is 2.09. The summed E-state index contributed by atoms with van der Waals surface area (Å²) in [5.74, 6) is -0.447. The minimum atomic E-state index is -0.834. The molecule has 2 aliphatic rings. The minimum absolute atomic E-state index is 0.196. The van der Waals surface area contributed by atoms with Crippen LogP contribution in [0.5, 0.6) is 0 Å². The van der Waals surface area contributed by atoms with Crippen molar-refractivity contribution in [1.29, 1.82) is 0 Å². The van der Waals surface area contributed by atoms with Crippen LogP contribution >= 0.6 is 0 Å². The van der Waals surface area contributed by atoms with E-state index < -0.39 is 11.7 Å². The number of ether oxygens (including phenoxy) is 1. The summed E-state index contributed by atoms with van der Waals surface area (Å²) in [6, 6.07) is 0. The highest BCUT2D eigenvalue weighted by Crippen LogP contribution is 2.35. The second-order valence-electron chi connectivity index (χ2n) is 3.78. The molecule has 2 rings (SSSR count). The summed E-state index contributed by atoms with van der Waals surface area (Å²) in [5.41, 5.74) is -0.638. The topological polar surface area (TPSA) is 52.4 Å². The van der Waals surface area contributed by atoms with Gasteiger partial charge in [-0.2, -0.15) is 4.74 Å². The highest BCUT2D eigenvalue weighted by molar-refractivity contribution is 6.34. The molecule has 0 aromatic heterocycles. The summed E-state index contributed by atoms with van der Waals surface area (Å²) in [4.78, 5) is 11.2. The number of hydrogen-bond donors (Lipinski definition) is 0. The Morgan fingerprint density at radius 3 is 2.46 bits per heavy atom. The monoisotopic (exact) mass is 183 g/mol. The summed E-state index contributed by atoms with van der Waals surface area (Å²) in [6.07, 6.45) is 4.43. The van der Waals surface area contributed by atoms with Crippen molar-refractivity contribution in [2.75, 3.05) is 0 Å². The molecule has 1 heterocycles. The highest BCUT2D eigenvalue weighted by Gasteiger charge is 2.51. The molecule has 4 nitrogen and oxygen atoms in total. The molecule has 1 aliphatic carbocycles. The number of hydroxylamine groups is 1. The van der Waals surface area contributed by atoms with Crippen LogP contribution in [0.4, 0.5) is 0 Å². The van der Waals surface area contributed by atoms with E-state index >= 15 is 0 Å². The van der Waals surface area contributed by atoms with E-state index in [9.17, 15) is 10.0 Å². The molecule has 0 amide bonds. The zero-order valence-corrected chi connectivity index (χ0v) is 7.71. The van der Waals surface area contributed by atoms with Gasteiger partial charge >= 0.3 is 11.7 Å². The molecule has 1 aliphatic heterocycles. The van der Waals surface area contributed by atoms with Crippen molar-refractivity contribution >= 4 is 11.7 Å². The second kappa shape index (κ2) is 2.72. The van der Waals surface area contributed by atoms with Crippen molar-refractivity contribution in [2.24, 2.45) is 0 Å². The Bertz CT molecular complexity index is 277. The van der Waals surface area contributed by atoms with Crippen LogP contribution in [0.25, 0.3) is 0 Å². The van der Waals surface area contributed by atoms with Crippen molar-refractivity contribution < 1.29 is 14.3 Å². The van der Waals surface area contributed by atoms with Crippen LogP contribution in [0, 0.1) is 5.21 Å². The van der Waals surface area contributed by atoms with Crippen molar-refractivity contribution in [1.82, 2.24) is 0 Å². The smallest absolute Gasteiger partial charge is 0.404 e. The lowest BCUT2D eigenvalue weighted by Gasteiger charge is -2.29. The van der Waals surface area contributed by atoms with Crippen molar-refractivity contribution in [3.8, 4) is 0 Å². The molecule has 1 spiro atoms. The Balaban J connectivity index is 2.30. The molecule has 0 radical (unpaired) electrons. The number of rotatable bonds is 0. The van der Waals surface area contributed by atoms with Gasteiger partial charge in [0.05, 0.1) is 12.8 Å². The van der Waals surface area contributed by atoms with Gasteiger partial charge in [-0.05, 0) is 12.8 Å². The summed E-state index contributed by atoms with van der Waals surface area (Å²) in [6.45, 7) is 1.53. The summed E-state index contributed by atoms with van der Waals surface area (Å²) in [5, 5.41) is 11.6. The molecule has 0 bridgehead atoms. The van der Waals surface area contributed by atoms with Crippen LogP contribution in [0.15, 0.2) is 0 Å². The molecular formula is C9H13NO3. The van der Waals surface area contributed by atoms with Gasteiger partial charge in [0.25, 0.3) is 5.71 Å². The van der Waals surface area contributed by atoms with E-state index in [-0.39, 0.29) is 5.71 Å². The average Bonchev–Trinajstić information content (AvgIpc) is 2.33. The van der Waals surface area contributed by atoms with Crippen LogP contribution in [0.1, 0.15) is 39.0 Å². The van der Waals surface area contributed by atoms with Gasteiger partial charge in [-0.25, -0.2) is 4.79 Å². The van der Waals surface area contributed by atoms with E-state index in [1.807, 2.05) is 0 Å². The molecule has 0 saturated heterocycles. The first-order valence-electron chi connectivity index (χ1n) is 4.70. The molecular weight excluding hydrogens is 170 g/mol. The van der Waals surface area contributed by atoms with Gasteiger partial charge in [0, 0.05) is 6.92 Å². The van der Waals surface area contributed by atoms with E-state index in [0.29, 0.717) is 12.8 Å². The van der Waals surface area contributed by atoms with Crippen LogP contribution < -0.4 is 0 Å². The van der Waals surface area contributed by atoms with Crippen LogP contribution in [-0.4, -0.2) is 22.1 Å². The third-order valence-corrected chi connectivity index (χ3v) is 2.89. The second-order valence-corrected chi connectivity index (χ2v) is 3.78. The molecule has 0 N–H and O–H groups in total. The predicted molar refractivity (Wildman–Crippen MR) is 46.2 cm³/mol. The predicted octanol–water partition coefficient (Wildman–Crippen LogP) is 1.17. The van der Waals surface area contributed by atoms with Gasteiger partial charge in [0.2, 0.25) is 0 Å². The first kappa shape index (κ1) is 8.53. The lowest BCUT2D eigenvalue weighted by atomic mass is 9.92. The van der Waals surface area contributed by atoms with Gasteiger partial charge in [-0.15, -0.1) is 0 Å². The summed E-state index contributed by atoms with van der Waals surface area (Å²) < 4.78 is 5.92. The minimum Gasteiger partial charge on any atom is -0.620 e. The number of esters is 1. The number of hydrogen-bond acceptors (Lipinski definition) is 3. The Labute approximate surface area is 76.8 Å². The van der Waals surface area contributed by atoms with E-state index in [4.69, 9.17) is 4.74 Å². The van der Waals surface area contributed by atoms with Gasteiger partial charge < -0.3 is 9.94 Å². The van der Waals surface area contributed by atoms with Crippen LogP contribution in [0.3, 0.4) is 0 Å². The first-order valence-corrected chi connectivity index (χ1v) is 4.70. The fourth-order valence-corrected chi connectivity index (χ4v) is 2.09. The highest BCUT2D eigenvalue weighted by atomic mass is 16.6. The van der Waals surface area contributed by atoms with Crippen LogP contribution in [0.2, 0.25) is 0 Å². The van der Waals surface area contributed by atoms with E-state index in [2.05, 4.69) is 0 Å². The zero-order chi connectivity index (χ0) is 9.47. The molecule has 13 heavy (non-hydrogen) atoms. The maximum atomic E-state index is 11.6. The molecule has 72 valence electrons. The van der Waals surface area contributed by atoms with Gasteiger partial charge in [-0.3, -0.25) is 0 Å². The molecule has 1 fully saturated rings. The maximum Gasteiger partial charge on any atom is 0.404 e.